The van der Waals surface area contributed by atoms with Crippen LogP contribution < -0.4 is 0 Å². The zero-order valence-electron chi connectivity index (χ0n) is 7.63. The molecule has 0 saturated heterocycles. The summed E-state index contributed by atoms with van der Waals surface area (Å²) in [6.45, 7) is 5.65. The molecule has 2 atom stereocenters. The molecule has 0 radical (unpaired) electrons. The van der Waals surface area contributed by atoms with Crippen molar-refractivity contribution in [3.8, 4) is 0 Å². The van der Waals surface area contributed by atoms with Crippen molar-refractivity contribution in [3.63, 3.8) is 0 Å². The molecule has 62 valence electrons. The van der Waals surface area contributed by atoms with E-state index in [1.165, 1.54) is 6.42 Å². The van der Waals surface area contributed by atoms with Gasteiger partial charge in [-0.2, -0.15) is 0 Å². The fraction of sp³-hybridized carbons (Fsp3) is 0.750. The van der Waals surface area contributed by atoms with Gasteiger partial charge in [0.1, 0.15) is 0 Å². The van der Waals surface area contributed by atoms with E-state index >= 15 is 0 Å². The van der Waals surface area contributed by atoms with Crippen molar-refractivity contribution >= 4 is 15.4 Å². The molecule has 1 saturated carbocycles. The molecule has 0 heterocycles. The molecule has 2 nitrogen and oxygen atoms in total. The summed E-state index contributed by atoms with van der Waals surface area (Å²) in [6, 6.07) is 0. The standard InChI is InChI=1S/C6H9O.C2H6N.Al.H/c1-5(2)7-6-3-4-6;1-3-2;;/h3,6H,1,4H2,2H3;1-2H3;;/q;-1;+1;. The van der Waals surface area contributed by atoms with Crippen LogP contribution in [0.1, 0.15) is 13.3 Å². The molecule has 0 N–H and O–H groups in total. The Morgan fingerprint density at radius 1 is 1.64 bits per heavy atom. The molecular formula is C8H16AlNO. The Morgan fingerprint density at radius 2 is 2.27 bits per heavy atom. The normalized spacial score (nSPS) is 28.4. The molecule has 3 heteroatoms. The molecule has 11 heavy (non-hydrogen) atoms. The molecule has 0 aromatic heterocycles. The third-order valence-corrected chi connectivity index (χ3v) is 3.87. The maximum absolute atomic E-state index is 5.49. The topological polar surface area (TPSA) is 12.5 Å². The van der Waals surface area contributed by atoms with Gasteiger partial charge in [0.2, 0.25) is 0 Å². The highest BCUT2D eigenvalue weighted by Gasteiger charge is 2.40. The Bertz CT molecular complexity index is 158. The van der Waals surface area contributed by atoms with Gasteiger partial charge in [0.05, 0.1) is 11.9 Å². The molecule has 1 rings (SSSR count). The second kappa shape index (κ2) is 3.62. The van der Waals surface area contributed by atoms with Crippen LogP contribution in [0.2, 0.25) is 4.78 Å². The highest BCUT2D eigenvalue weighted by atomic mass is 27.1. The molecule has 1 fully saturated rings. The molecule has 0 spiro atoms. The van der Waals surface area contributed by atoms with E-state index in [2.05, 4.69) is 24.6 Å². The molecule has 0 aliphatic heterocycles. The quantitative estimate of drug-likeness (QED) is 0.460. The van der Waals surface area contributed by atoms with Crippen LogP contribution in [0.3, 0.4) is 0 Å². The van der Waals surface area contributed by atoms with Crippen molar-refractivity contribution in [3.05, 3.63) is 12.3 Å². The van der Waals surface area contributed by atoms with Gasteiger partial charge in [-0.25, -0.2) is 0 Å². The second-order valence-corrected chi connectivity index (χ2v) is 6.30. The van der Waals surface area contributed by atoms with Crippen LogP contribution in [0, 0.1) is 0 Å². The van der Waals surface area contributed by atoms with Gasteiger partial charge in [-0.15, -0.1) is 0 Å². The predicted molar refractivity (Wildman–Crippen MR) is 48.9 cm³/mol. The fourth-order valence-electron chi connectivity index (χ4n) is 1.28. The number of nitrogens with zero attached hydrogens (tertiary/aromatic N) is 1. The molecule has 0 aromatic rings. The van der Waals surface area contributed by atoms with Gasteiger partial charge < -0.3 is 8.62 Å². The lowest BCUT2D eigenvalue weighted by atomic mass is 10.6. The lowest BCUT2D eigenvalue weighted by molar-refractivity contribution is 0.200. The maximum atomic E-state index is 5.49. The summed E-state index contributed by atoms with van der Waals surface area (Å²) in [5.74, 6) is 0.866. The van der Waals surface area contributed by atoms with Gasteiger partial charge in [0.25, 0.3) is 0 Å². The first-order valence-corrected chi connectivity index (χ1v) is 5.51. The van der Waals surface area contributed by atoms with Crippen LogP contribution in [0.15, 0.2) is 12.3 Å². The van der Waals surface area contributed by atoms with Crippen LogP contribution in [0.25, 0.3) is 0 Å². The van der Waals surface area contributed by atoms with Crippen LogP contribution in [0.5, 0.6) is 0 Å². The number of hydrogen-bond acceptors (Lipinski definition) is 2. The minimum Gasteiger partial charge on any atom is -0.497 e. The summed E-state index contributed by atoms with van der Waals surface area (Å²) in [4.78, 5) is 0. The summed E-state index contributed by atoms with van der Waals surface area (Å²) >= 11 is -0.0312. The van der Waals surface area contributed by atoms with Crippen molar-refractivity contribution in [2.24, 2.45) is 0 Å². The monoisotopic (exact) mass is 169 g/mol. The Hall–Kier alpha value is 0.0325. The van der Waals surface area contributed by atoms with E-state index in [1.54, 1.807) is 0 Å². The van der Waals surface area contributed by atoms with Crippen molar-refractivity contribution in [1.29, 1.82) is 0 Å². The summed E-state index contributed by atoms with van der Waals surface area (Å²) in [7, 11) is 4.31. The van der Waals surface area contributed by atoms with Gasteiger partial charge in [-0.3, -0.25) is 0 Å². The molecule has 0 aromatic carbocycles. The van der Waals surface area contributed by atoms with Gasteiger partial charge >= 0.3 is 15.4 Å². The highest BCUT2D eigenvalue weighted by Crippen LogP contribution is 2.40. The lowest BCUT2D eigenvalue weighted by Crippen LogP contribution is -2.18. The molecular weight excluding hydrogens is 153 g/mol. The van der Waals surface area contributed by atoms with Crippen molar-refractivity contribution in [2.45, 2.75) is 24.2 Å². The van der Waals surface area contributed by atoms with E-state index < -0.39 is 0 Å². The van der Waals surface area contributed by atoms with Crippen LogP contribution in [0.4, 0.5) is 0 Å². The number of rotatable bonds is 4. The highest BCUT2D eigenvalue weighted by molar-refractivity contribution is 6.35. The van der Waals surface area contributed by atoms with E-state index in [4.69, 9.17) is 4.74 Å². The van der Waals surface area contributed by atoms with Crippen molar-refractivity contribution in [1.82, 2.24) is 3.88 Å². The first-order chi connectivity index (χ1) is 5.09. The Balaban J connectivity index is 2.11. The summed E-state index contributed by atoms with van der Waals surface area (Å²) in [5, 5.41) is 0. The van der Waals surface area contributed by atoms with Gasteiger partial charge in [0, 0.05) is 0 Å². The first kappa shape index (κ1) is 9.12. The predicted octanol–water partition coefficient (Wildman–Crippen LogP) is 1.01. The van der Waals surface area contributed by atoms with Crippen molar-refractivity contribution in [2.75, 3.05) is 14.1 Å². The van der Waals surface area contributed by atoms with Gasteiger partial charge in [-0.05, 0) is 32.2 Å². The van der Waals surface area contributed by atoms with Crippen LogP contribution in [-0.4, -0.2) is 39.5 Å². The van der Waals surface area contributed by atoms with E-state index in [0.717, 1.165) is 10.5 Å². The zero-order valence-corrected chi connectivity index (χ0v) is 9.05. The largest absolute Gasteiger partial charge is 0.497 e. The minimum atomic E-state index is -0.0312. The smallest absolute Gasteiger partial charge is 0.354 e. The van der Waals surface area contributed by atoms with Gasteiger partial charge in [-0.1, -0.05) is 6.58 Å². The zero-order chi connectivity index (χ0) is 8.43. The number of ether oxygens (including phenoxy) is 1. The SMILES string of the molecule is C=C(C)OC1C[CH]1[AlH][N](C)C. The average Bonchev–Trinajstić information content (AvgIpc) is 2.43. The number of allylic oxidation sites excluding steroid dienone is 1. The van der Waals surface area contributed by atoms with Crippen LogP contribution >= 0.6 is 0 Å². The summed E-state index contributed by atoms with van der Waals surface area (Å²) < 4.78 is 8.70. The summed E-state index contributed by atoms with van der Waals surface area (Å²) in [5.41, 5.74) is 0. The summed E-state index contributed by atoms with van der Waals surface area (Å²) in [6.07, 6.45) is 1.78. The molecule has 1 aliphatic carbocycles. The van der Waals surface area contributed by atoms with Crippen molar-refractivity contribution < 1.29 is 4.74 Å². The van der Waals surface area contributed by atoms with E-state index in [-0.39, 0.29) is 15.4 Å². The Labute approximate surface area is 75.1 Å². The average molecular weight is 169 g/mol. The third kappa shape index (κ3) is 3.29. The molecule has 2 unspecified atom stereocenters. The minimum absolute atomic E-state index is 0.0312. The Kier molecular flexibility index (Phi) is 3.00. The lowest BCUT2D eigenvalue weighted by Gasteiger charge is -2.06. The molecule has 0 bridgehead atoms. The Morgan fingerprint density at radius 3 is 2.73 bits per heavy atom. The first-order valence-electron chi connectivity index (χ1n) is 4.06. The van der Waals surface area contributed by atoms with E-state index in [0.29, 0.717) is 6.10 Å². The van der Waals surface area contributed by atoms with Gasteiger partial charge in [0.15, 0.2) is 0 Å². The fourth-order valence-corrected chi connectivity index (χ4v) is 3.03. The molecule has 0 amide bonds. The van der Waals surface area contributed by atoms with E-state index in [1.807, 2.05) is 6.92 Å². The number of hydrogen-bond donors (Lipinski definition) is 0. The van der Waals surface area contributed by atoms with E-state index in [9.17, 15) is 0 Å². The third-order valence-electron chi connectivity index (χ3n) is 1.81. The van der Waals surface area contributed by atoms with Crippen LogP contribution in [-0.2, 0) is 4.74 Å². The maximum Gasteiger partial charge on any atom is 0.354 e. The molecule has 1 aliphatic rings. The second-order valence-electron chi connectivity index (χ2n) is 3.62.